The predicted octanol–water partition coefficient (Wildman–Crippen LogP) is 5.36. The van der Waals surface area contributed by atoms with Crippen molar-refractivity contribution in [3.8, 4) is 23.0 Å². The SMILES string of the molecule is C=CC(=O)OCC(C)(C)C(=O)C(=O)N1CCCC[C@H]1C(=O)O[C@H](CCc1cc(OC)c(OC)c(OC)c1)c1cccc(OCC(=O)OC(C)(C)C)c1. The average molecular weight is 726 g/mol. The summed E-state index contributed by atoms with van der Waals surface area (Å²) in [6.07, 6.45) is 2.37. The van der Waals surface area contributed by atoms with E-state index in [1.807, 2.05) is 12.1 Å². The molecule has 0 aliphatic carbocycles. The number of esters is 3. The molecule has 0 N–H and O–H groups in total. The van der Waals surface area contributed by atoms with Crippen LogP contribution in [-0.2, 0) is 44.6 Å². The van der Waals surface area contributed by atoms with Gasteiger partial charge in [-0.1, -0.05) is 18.7 Å². The number of benzene rings is 2. The molecule has 0 bridgehead atoms. The molecule has 284 valence electrons. The Morgan fingerprint density at radius 3 is 2.21 bits per heavy atom. The minimum atomic E-state index is -1.34. The number of nitrogens with zero attached hydrogens (tertiary/aromatic N) is 1. The van der Waals surface area contributed by atoms with Crippen molar-refractivity contribution in [2.24, 2.45) is 5.41 Å². The van der Waals surface area contributed by atoms with Gasteiger partial charge in [-0.2, -0.15) is 0 Å². The number of ether oxygens (including phenoxy) is 7. The molecule has 0 saturated carbocycles. The highest BCUT2D eigenvalue weighted by atomic mass is 16.6. The van der Waals surface area contributed by atoms with E-state index >= 15 is 0 Å². The molecule has 52 heavy (non-hydrogen) atoms. The van der Waals surface area contributed by atoms with Gasteiger partial charge in [-0.15, -0.1) is 0 Å². The zero-order chi connectivity index (χ0) is 38.6. The Bertz CT molecular complexity index is 1580. The van der Waals surface area contributed by atoms with Gasteiger partial charge in [0.05, 0.1) is 26.7 Å². The van der Waals surface area contributed by atoms with Crippen molar-refractivity contribution >= 4 is 29.6 Å². The Labute approximate surface area is 305 Å². The van der Waals surface area contributed by atoms with Gasteiger partial charge in [0.15, 0.2) is 18.1 Å². The minimum Gasteiger partial charge on any atom is -0.493 e. The van der Waals surface area contributed by atoms with Gasteiger partial charge >= 0.3 is 17.9 Å². The lowest BCUT2D eigenvalue weighted by Crippen LogP contribution is -2.53. The highest BCUT2D eigenvalue weighted by molar-refractivity contribution is 6.38. The van der Waals surface area contributed by atoms with Gasteiger partial charge in [0.2, 0.25) is 11.5 Å². The van der Waals surface area contributed by atoms with Crippen LogP contribution in [-0.4, -0.2) is 87.2 Å². The number of hydrogen-bond acceptors (Lipinski definition) is 12. The minimum absolute atomic E-state index is 0.178. The first-order valence-corrected chi connectivity index (χ1v) is 17.1. The largest absolute Gasteiger partial charge is 0.493 e. The van der Waals surface area contributed by atoms with Gasteiger partial charge in [0.25, 0.3) is 5.91 Å². The topological polar surface area (TPSA) is 153 Å². The van der Waals surface area contributed by atoms with E-state index in [-0.39, 0.29) is 19.8 Å². The summed E-state index contributed by atoms with van der Waals surface area (Å²) < 4.78 is 38.8. The summed E-state index contributed by atoms with van der Waals surface area (Å²) >= 11 is 0. The summed E-state index contributed by atoms with van der Waals surface area (Å²) in [4.78, 5) is 66.2. The fourth-order valence-electron chi connectivity index (χ4n) is 5.62. The number of rotatable bonds is 17. The summed E-state index contributed by atoms with van der Waals surface area (Å²) in [5, 5.41) is 0. The van der Waals surface area contributed by atoms with Gasteiger partial charge < -0.3 is 38.1 Å². The molecule has 0 unspecified atom stereocenters. The van der Waals surface area contributed by atoms with Crippen LogP contribution in [0.4, 0.5) is 0 Å². The molecule has 1 aliphatic heterocycles. The second kappa shape index (κ2) is 18.4. The maximum Gasteiger partial charge on any atom is 0.344 e. The van der Waals surface area contributed by atoms with Crippen molar-refractivity contribution in [3.05, 3.63) is 60.2 Å². The molecule has 1 saturated heterocycles. The van der Waals surface area contributed by atoms with E-state index in [1.54, 1.807) is 45.0 Å². The van der Waals surface area contributed by atoms with Crippen LogP contribution < -0.4 is 18.9 Å². The van der Waals surface area contributed by atoms with Crippen molar-refractivity contribution in [2.75, 3.05) is 41.1 Å². The average Bonchev–Trinajstić information content (AvgIpc) is 3.12. The third-order valence-electron chi connectivity index (χ3n) is 8.27. The zero-order valence-electron chi connectivity index (χ0n) is 31.4. The summed E-state index contributed by atoms with van der Waals surface area (Å²) in [5.41, 5.74) is -0.629. The summed E-state index contributed by atoms with van der Waals surface area (Å²) in [6.45, 7) is 11.1. The third kappa shape index (κ3) is 11.5. The van der Waals surface area contributed by atoms with E-state index in [2.05, 4.69) is 6.58 Å². The third-order valence-corrected chi connectivity index (χ3v) is 8.27. The Morgan fingerprint density at radius 2 is 1.62 bits per heavy atom. The van der Waals surface area contributed by atoms with Crippen LogP contribution in [0.1, 0.15) is 77.5 Å². The normalized spacial score (nSPS) is 15.1. The van der Waals surface area contributed by atoms with Crippen LogP contribution in [0.5, 0.6) is 23.0 Å². The smallest absolute Gasteiger partial charge is 0.344 e. The monoisotopic (exact) mass is 725 g/mol. The Kier molecular flexibility index (Phi) is 14.7. The molecule has 1 fully saturated rings. The number of hydrogen-bond donors (Lipinski definition) is 0. The van der Waals surface area contributed by atoms with Crippen LogP contribution >= 0.6 is 0 Å². The van der Waals surface area contributed by atoms with E-state index in [0.29, 0.717) is 60.7 Å². The van der Waals surface area contributed by atoms with Gasteiger partial charge in [-0.3, -0.25) is 9.59 Å². The molecule has 1 aliphatic rings. The molecule has 0 radical (unpaired) electrons. The number of methoxy groups -OCH3 is 3. The van der Waals surface area contributed by atoms with E-state index in [9.17, 15) is 24.0 Å². The van der Waals surface area contributed by atoms with Crippen LogP contribution in [0.3, 0.4) is 0 Å². The van der Waals surface area contributed by atoms with Gasteiger partial charge in [0, 0.05) is 12.6 Å². The molecule has 0 aromatic heterocycles. The fraction of sp³-hybridized carbons (Fsp3) is 0.513. The number of likely N-dealkylation sites (tertiary alicyclic amines) is 1. The number of aryl methyl sites for hydroxylation is 1. The van der Waals surface area contributed by atoms with E-state index in [1.165, 1.54) is 40.1 Å². The molecular weight excluding hydrogens is 674 g/mol. The van der Waals surface area contributed by atoms with Gasteiger partial charge in [-0.05, 0) is 102 Å². The number of amides is 1. The number of carbonyl (C=O) groups is 5. The van der Waals surface area contributed by atoms with Crippen LogP contribution in [0.25, 0.3) is 0 Å². The number of Topliss-reactive ketones (excluding diaryl/α,β-unsaturated/α-hetero) is 1. The van der Waals surface area contributed by atoms with Crippen molar-refractivity contribution < 1.29 is 57.1 Å². The zero-order valence-corrected chi connectivity index (χ0v) is 31.4. The quantitative estimate of drug-likeness (QED) is 0.0894. The maximum absolute atomic E-state index is 14.0. The Morgan fingerprint density at radius 1 is 0.942 bits per heavy atom. The van der Waals surface area contributed by atoms with Crippen LogP contribution in [0, 0.1) is 5.41 Å². The van der Waals surface area contributed by atoms with Crippen molar-refractivity contribution in [1.82, 2.24) is 4.90 Å². The Hall–Kier alpha value is -5.07. The molecule has 2 aromatic carbocycles. The fourth-order valence-corrected chi connectivity index (χ4v) is 5.62. The van der Waals surface area contributed by atoms with Gasteiger partial charge in [0.1, 0.15) is 30.1 Å². The first-order valence-electron chi connectivity index (χ1n) is 17.1. The molecule has 1 heterocycles. The highest BCUT2D eigenvalue weighted by Crippen LogP contribution is 2.39. The van der Waals surface area contributed by atoms with Crippen LogP contribution in [0.15, 0.2) is 49.1 Å². The molecule has 13 nitrogen and oxygen atoms in total. The second-order valence-corrected chi connectivity index (χ2v) is 14.0. The first-order chi connectivity index (χ1) is 24.5. The molecule has 1 amide bonds. The lowest BCUT2D eigenvalue weighted by atomic mass is 9.87. The molecule has 3 rings (SSSR count). The summed E-state index contributed by atoms with van der Waals surface area (Å²) in [6, 6.07) is 9.44. The molecule has 13 heteroatoms. The Balaban J connectivity index is 1.90. The predicted molar refractivity (Wildman–Crippen MR) is 190 cm³/mol. The van der Waals surface area contributed by atoms with E-state index < -0.39 is 52.8 Å². The molecule has 2 aromatic rings. The van der Waals surface area contributed by atoms with E-state index in [0.717, 1.165) is 11.6 Å². The summed E-state index contributed by atoms with van der Waals surface area (Å²) in [5.74, 6) is -1.86. The maximum atomic E-state index is 14.0. The second-order valence-electron chi connectivity index (χ2n) is 14.0. The van der Waals surface area contributed by atoms with Crippen molar-refractivity contribution in [3.63, 3.8) is 0 Å². The number of piperidine rings is 1. The molecular formula is C39H51NO12. The summed E-state index contributed by atoms with van der Waals surface area (Å²) in [7, 11) is 4.55. The van der Waals surface area contributed by atoms with E-state index in [4.69, 9.17) is 33.2 Å². The van der Waals surface area contributed by atoms with Crippen molar-refractivity contribution in [1.29, 1.82) is 0 Å². The number of carbonyl (C=O) groups excluding carboxylic acids is 5. The van der Waals surface area contributed by atoms with Gasteiger partial charge in [-0.25, -0.2) is 14.4 Å². The standard InChI is InChI=1S/C39H51NO12/c1-10-32(41)50-24-39(5,6)35(43)36(44)40-19-12-11-16-28(40)37(45)51-29(18-17-25-20-30(46-7)34(48-9)31(21-25)47-8)26-14-13-15-27(22-26)49-23-33(42)52-38(2,3)4/h10,13-15,20-22,28-29H,1,11-12,16-19,23-24H2,2-9H3/t28-,29+/m0/s1. The number of ketones is 1. The van der Waals surface area contributed by atoms with Crippen molar-refractivity contribution in [2.45, 2.75) is 84.5 Å². The molecule has 0 spiro atoms. The van der Waals surface area contributed by atoms with Crippen LogP contribution in [0.2, 0.25) is 0 Å². The molecule has 2 atom stereocenters. The lowest BCUT2D eigenvalue weighted by Gasteiger charge is -2.36. The highest BCUT2D eigenvalue weighted by Gasteiger charge is 2.42. The lowest BCUT2D eigenvalue weighted by molar-refractivity contribution is -0.165. The first kappa shape index (κ1) is 41.4.